The van der Waals surface area contributed by atoms with Crippen LogP contribution in [0, 0.1) is 11.6 Å². The molecule has 6 rings (SSSR count). The molecule has 216 valence electrons. The minimum absolute atomic E-state index is 0.0288. The fraction of sp³-hybridized carbons (Fsp3) is 0.138. The van der Waals surface area contributed by atoms with Gasteiger partial charge in [-0.25, -0.2) is 13.8 Å². The fourth-order valence-corrected chi connectivity index (χ4v) is 4.90. The molecule has 43 heavy (non-hydrogen) atoms. The van der Waals surface area contributed by atoms with Crippen LogP contribution in [-0.2, 0) is 22.4 Å². The number of hydrogen-bond acceptors (Lipinski definition) is 7. The van der Waals surface area contributed by atoms with Crippen molar-refractivity contribution in [2.45, 2.75) is 25.3 Å². The minimum Gasteiger partial charge on any atom is -0.342 e. The Morgan fingerprint density at radius 1 is 1.12 bits per heavy atom. The van der Waals surface area contributed by atoms with Crippen LogP contribution in [0.1, 0.15) is 35.2 Å². The molecule has 0 radical (unpaired) electrons. The highest BCUT2D eigenvalue weighted by Crippen LogP contribution is 2.30. The summed E-state index contributed by atoms with van der Waals surface area (Å²) in [6, 6.07) is 11.1. The predicted molar refractivity (Wildman–Crippen MR) is 153 cm³/mol. The van der Waals surface area contributed by atoms with Gasteiger partial charge in [0.05, 0.1) is 35.0 Å². The number of anilines is 1. The zero-order valence-corrected chi connectivity index (χ0v) is 23.0. The Labute approximate surface area is 248 Å². The molecule has 1 atom stereocenters. The highest BCUT2D eigenvalue weighted by atomic mass is 35.5. The van der Waals surface area contributed by atoms with Crippen molar-refractivity contribution < 1.29 is 18.4 Å². The SMILES string of the molecule is O=C(C=Cc1cc(Cl)ccc1-n1cnnn1)NC1Cc2ccc(F)c(n2)CCC(=O)Nc2cc(F)ccc2-c2cnc1[nH]2. The number of pyridine rings is 1. The summed E-state index contributed by atoms with van der Waals surface area (Å²) in [6.07, 6.45) is 5.99. The number of nitrogens with zero attached hydrogens (tertiary/aromatic N) is 6. The molecule has 0 spiro atoms. The Kier molecular flexibility index (Phi) is 7.71. The summed E-state index contributed by atoms with van der Waals surface area (Å²) in [6.45, 7) is 0. The lowest BCUT2D eigenvalue weighted by Crippen LogP contribution is -2.29. The lowest BCUT2D eigenvalue weighted by molar-refractivity contribution is -0.117. The monoisotopic (exact) mass is 601 g/mol. The number of H-pyrrole nitrogens is 1. The fourth-order valence-electron chi connectivity index (χ4n) is 4.72. The summed E-state index contributed by atoms with van der Waals surface area (Å²) >= 11 is 6.19. The molecule has 3 aromatic heterocycles. The number of carbonyl (C=O) groups excluding carboxylic acids is 2. The van der Waals surface area contributed by atoms with E-state index in [4.69, 9.17) is 11.6 Å². The molecule has 1 aliphatic rings. The second kappa shape index (κ2) is 11.9. The summed E-state index contributed by atoms with van der Waals surface area (Å²) in [5, 5.41) is 17.3. The molecule has 11 nitrogen and oxygen atoms in total. The smallest absolute Gasteiger partial charge is 0.244 e. The van der Waals surface area contributed by atoms with E-state index in [2.05, 4.69) is 41.1 Å². The first kappa shape index (κ1) is 27.8. The van der Waals surface area contributed by atoms with Gasteiger partial charge in [-0.2, -0.15) is 4.68 Å². The van der Waals surface area contributed by atoms with E-state index in [1.165, 1.54) is 53.6 Å². The molecule has 2 amide bonds. The van der Waals surface area contributed by atoms with E-state index >= 15 is 0 Å². The lowest BCUT2D eigenvalue weighted by Gasteiger charge is -2.17. The molecule has 1 unspecified atom stereocenters. The average Bonchev–Trinajstić information content (AvgIpc) is 3.69. The largest absolute Gasteiger partial charge is 0.342 e. The second-order valence-corrected chi connectivity index (χ2v) is 10.1. The van der Waals surface area contributed by atoms with Crippen LogP contribution < -0.4 is 10.6 Å². The highest BCUT2D eigenvalue weighted by molar-refractivity contribution is 6.30. The van der Waals surface area contributed by atoms with Crippen molar-refractivity contribution in [2.75, 3.05) is 5.32 Å². The molecule has 3 N–H and O–H groups in total. The average molecular weight is 602 g/mol. The van der Waals surface area contributed by atoms with E-state index in [9.17, 15) is 18.4 Å². The third-order valence-corrected chi connectivity index (χ3v) is 7.00. The molecule has 2 aromatic carbocycles. The molecule has 0 aliphatic carbocycles. The van der Waals surface area contributed by atoms with Crippen molar-refractivity contribution in [2.24, 2.45) is 0 Å². The van der Waals surface area contributed by atoms with Gasteiger partial charge in [0.2, 0.25) is 11.8 Å². The number of amides is 2. The maximum atomic E-state index is 14.6. The first-order chi connectivity index (χ1) is 20.8. The van der Waals surface area contributed by atoms with E-state index in [1.54, 1.807) is 24.3 Å². The maximum absolute atomic E-state index is 14.6. The minimum atomic E-state index is -0.712. The zero-order valence-electron chi connectivity index (χ0n) is 22.3. The summed E-state index contributed by atoms with van der Waals surface area (Å²) in [7, 11) is 0. The van der Waals surface area contributed by atoms with E-state index in [0.717, 1.165) is 0 Å². The van der Waals surface area contributed by atoms with Crippen molar-refractivity contribution in [3.05, 3.63) is 107 Å². The number of benzene rings is 2. The van der Waals surface area contributed by atoms with Gasteiger partial charge in [-0.1, -0.05) is 11.6 Å². The quantitative estimate of drug-likeness (QED) is 0.259. The Morgan fingerprint density at radius 2 is 2.00 bits per heavy atom. The van der Waals surface area contributed by atoms with Crippen molar-refractivity contribution >= 4 is 35.2 Å². The highest BCUT2D eigenvalue weighted by Gasteiger charge is 2.22. The predicted octanol–water partition coefficient (Wildman–Crippen LogP) is 4.38. The number of aryl methyl sites for hydroxylation is 1. The Morgan fingerprint density at radius 3 is 2.84 bits per heavy atom. The topological polar surface area (TPSA) is 143 Å². The number of imidazole rings is 1. The van der Waals surface area contributed by atoms with Crippen LogP contribution in [0.4, 0.5) is 14.5 Å². The molecule has 4 heterocycles. The molecular weight excluding hydrogens is 580 g/mol. The van der Waals surface area contributed by atoms with Crippen molar-refractivity contribution in [3.8, 4) is 16.9 Å². The number of fused-ring (bicyclic) bond motifs is 6. The number of aromatic amines is 1. The van der Waals surface area contributed by atoms with Crippen LogP contribution in [0.3, 0.4) is 0 Å². The molecular formula is C29H22ClF2N9O2. The normalized spacial score (nSPS) is 15.0. The molecule has 0 saturated heterocycles. The number of nitrogens with one attached hydrogen (secondary N) is 3. The molecule has 1 aliphatic heterocycles. The Balaban J connectivity index is 1.34. The third kappa shape index (κ3) is 6.31. The van der Waals surface area contributed by atoms with Crippen LogP contribution in [0.2, 0.25) is 5.02 Å². The maximum Gasteiger partial charge on any atom is 0.244 e. The second-order valence-electron chi connectivity index (χ2n) is 9.71. The van der Waals surface area contributed by atoms with E-state index in [0.29, 0.717) is 39.0 Å². The van der Waals surface area contributed by atoms with Gasteiger partial charge in [0.25, 0.3) is 0 Å². The van der Waals surface area contributed by atoms with Gasteiger partial charge >= 0.3 is 0 Å². The van der Waals surface area contributed by atoms with E-state index in [-0.39, 0.29) is 30.6 Å². The van der Waals surface area contributed by atoms with Crippen molar-refractivity contribution in [3.63, 3.8) is 0 Å². The van der Waals surface area contributed by atoms with Crippen LogP contribution in [0.15, 0.2) is 67.1 Å². The Bertz CT molecular complexity index is 1860. The number of hydrogen-bond donors (Lipinski definition) is 3. The van der Waals surface area contributed by atoms with Gasteiger partial charge in [-0.05, 0) is 65.0 Å². The number of tetrazole rings is 1. The number of rotatable bonds is 4. The standard InChI is InChI=1S/C29H22ClF2N9O2/c30-17-2-8-26(41-15-34-39-40-41)16(11-17)1-9-27(42)37-24-13-19-4-6-21(32)22(35-19)7-10-28(43)36-23-12-18(31)3-5-20(23)25-14-33-29(24)38-25/h1-6,8-9,11-12,14-15,24H,7,10,13H2,(H,33,38)(H,36,43)(H,37,42). The lowest BCUT2D eigenvalue weighted by atomic mass is 10.1. The first-order valence-corrected chi connectivity index (χ1v) is 13.5. The van der Waals surface area contributed by atoms with Crippen LogP contribution in [-0.4, -0.2) is 47.0 Å². The van der Waals surface area contributed by atoms with Crippen molar-refractivity contribution in [1.29, 1.82) is 0 Å². The van der Waals surface area contributed by atoms with Gasteiger partial charge in [0.1, 0.15) is 23.8 Å². The number of halogens is 3. The molecule has 5 aromatic rings. The zero-order chi connectivity index (χ0) is 29.9. The summed E-state index contributed by atoms with van der Waals surface area (Å²) < 4.78 is 30.1. The van der Waals surface area contributed by atoms with Gasteiger partial charge in [0, 0.05) is 47.2 Å². The van der Waals surface area contributed by atoms with Gasteiger partial charge in [0.15, 0.2) is 0 Å². The number of aromatic nitrogens is 7. The summed E-state index contributed by atoms with van der Waals surface area (Å²) in [4.78, 5) is 37.9. The van der Waals surface area contributed by atoms with Crippen molar-refractivity contribution in [1.82, 2.24) is 40.5 Å². The van der Waals surface area contributed by atoms with Gasteiger partial charge in [-0.15, -0.1) is 5.10 Å². The van der Waals surface area contributed by atoms with Crippen LogP contribution in [0.25, 0.3) is 23.0 Å². The molecule has 14 heteroatoms. The first-order valence-electron chi connectivity index (χ1n) is 13.1. The van der Waals surface area contributed by atoms with Gasteiger partial charge < -0.3 is 15.6 Å². The summed E-state index contributed by atoms with van der Waals surface area (Å²) in [5.41, 5.74) is 3.01. The van der Waals surface area contributed by atoms with Crippen LogP contribution in [0.5, 0.6) is 0 Å². The van der Waals surface area contributed by atoms with E-state index in [1.807, 2.05) is 0 Å². The molecule has 0 fully saturated rings. The van der Waals surface area contributed by atoms with Gasteiger partial charge in [-0.3, -0.25) is 14.6 Å². The third-order valence-electron chi connectivity index (χ3n) is 6.77. The summed E-state index contributed by atoms with van der Waals surface area (Å²) in [5.74, 6) is -1.60. The van der Waals surface area contributed by atoms with Crippen LogP contribution >= 0.6 is 11.6 Å². The van der Waals surface area contributed by atoms with E-state index < -0.39 is 29.5 Å². The molecule has 0 saturated carbocycles. The number of carbonyl (C=O) groups is 2. The Hall–Kier alpha value is -5.30. The molecule has 4 bridgehead atoms.